The maximum absolute atomic E-state index is 14.0. The second-order valence-electron chi connectivity index (χ2n) is 6.02. The molecular weight excluding hydrogens is 305 g/mol. The van der Waals surface area contributed by atoms with Gasteiger partial charge in [0.15, 0.2) is 0 Å². The Labute approximate surface area is 124 Å². The molecule has 0 spiro atoms. The predicted octanol–water partition coefficient (Wildman–Crippen LogP) is 4.72. The van der Waals surface area contributed by atoms with Gasteiger partial charge in [0.05, 0.1) is 0 Å². The first-order valence-corrected chi connectivity index (χ1v) is 8.03. The van der Waals surface area contributed by atoms with Crippen LogP contribution in [0.25, 0.3) is 0 Å². The predicted molar refractivity (Wildman–Crippen MR) is 81.9 cm³/mol. The minimum absolute atomic E-state index is 0.0519. The van der Waals surface area contributed by atoms with Crippen molar-refractivity contribution in [1.29, 1.82) is 0 Å². The fourth-order valence-electron chi connectivity index (χ4n) is 3.05. The molecule has 1 N–H and O–H groups in total. The zero-order valence-corrected chi connectivity index (χ0v) is 13.3. The Morgan fingerprint density at radius 3 is 2.89 bits per heavy atom. The number of rotatable bonds is 5. The molecule has 1 nitrogen and oxygen atoms in total. The van der Waals surface area contributed by atoms with Crippen LogP contribution in [0, 0.1) is 17.7 Å². The van der Waals surface area contributed by atoms with Crippen LogP contribution in [0.4, 0.5) is 4.39 Å². The van der Waals surface area contributed by atoms with Crippen molar-refractivity contribution in [3.05, 3.63) is 34.1 Å². The molecule has 2 unspecified atom stereocenters. The molecule has 3 heteroatoms. The average Bonchev–Trinajstić information content (AvgIpc) is 2.80. The lowest BCUT2D eigenvalue weighted by molar-refractivity contribution is 0.416. The maximum atomic E-state index is 14.0. The minimum atomic E-state index is -0.0519. The largest absolute Gasteiger partial charge is 0.316 e. The summed E-state index contributed by atoms with van der Waals surface area (Å²) >= 11 is 3.45. The maximum Gasteiger partial charge on any atom is 0.126 e. The number of hydrogen-bond donors (Lipinski definition) is 1. The molecule has 19 heavy (non-hydrogen) atoms. The van der Waals surface area contributed by atoms with Crippen molar-refractivity contribution in [2.24, 2.45) is 11.8 Å². The first-order valence-electron chi connectivity index (χ1n) is 7.23. The summed E-state index contributed by atoms with van der Waals surface area (Å²) in [7, 11) is 0. The van der Waals surface area contributed by atoms with Crippen molar-refractivity contribution in [3.63, 3.8) is 0 Å². The smallest absolute Gasteiger partial charge is 0.126 e. The molecule has 2 rings (SSSR count). The molecule has 1 aliphatic carbocycles. The molecule has 0 amide bonds. The van der Waals surface area contributed by atoms with E-state index in [0.29, 0.717) is 17.8 Å². The Bertz CT molecular complexity index is 419. The van der Waals surface area contributed by atoms with Crippen LogP contribution in [0.2, 0.25) is 0 Å². The van der Waals surface area contributed by atoms with Gasteiger partial charge in [-0.15, -0.1) is 0 Å². The molecule has 1 aromatic carbocycles. The molecule has 0 aliphatic heterocycles. The molecule has 0 radical (unpaired) electrons. The van der Waals surface area contributed by atoms with Crippen molar-refractivity contribution in [3.8, 4) is 0 Å². The van der Waals surface area contributed by atoms with Crippen LogP contribution in [0.1, 0.15) is 44.6 Å². The number of hydrogen-bond acceptors (Lipinski definition) is 1. The Hall–Kier alpha value is -0.410. The topological polar surface area (TPSA) is 12.0 Å². The highest BCUT2D eigenvalue weighted by Gasteiger charge is 2.30. The number of benzene rings is 1. The van der Waals surface area contributed by atoms with E-state index < -0.39 is 0 Å². The highest BCUT2D eigenvalue weighted by molar-refractivity contribution is 9.10. The Morgan fingerprint density at radius 2 is 2.16 bits per heavy atom. The van der Waals surface area contributed by atoms with E-state index in [0.717, 1.165) is 29.5 Å². The van der Waals surface area contributed by atoms with Crippen molar-refractivity contribution in [2.45, 2.75) is 39.0 Å². The van der Waals surface area contributed by atoms with Gasteiger partial charge in [0.1, 0.15) is 5.82 Å². The van der Waals surface area contributed by atoms with Gasteiger partial charge >= 0.3 is 0 Å². The van der Waals surface area contributed by atoms with Crippen LogP contribution in [0.5, 0.6) is 0 Å². The SMILES string of the molecule is CC(C)CNCC1CCCC1c1cc(Br)ccc1F. The third kappa shape index (κ3) is 4.03. The first-order chi connectivity index (χ1) is 9.08. The Kier molecular flexibility index (Phi) is 5.40. The summed E-state index contributed by atoms with van der Waals surface area (Å²) in [6, 6.07) is 5.32. The molecule has 0 saturated heterocycles. The van der Waals surface area contributed by atoms with Gasteiger partial charge < -0.3 is 5.32 Å². The van der Waals surface area contributed by atoms with Gasteiger partial charge in [-0.05, 0) is 67.4 Å². The third-order valence-electron chi connectivity index (χ3n) is 3.98. The van der Waals surface area contributed by atoms with E-state index in [1.54, 1.807) is 12.1 Å². The molecule has 2 atom stereocenters. The second-order valence-corrected chi connectivity index (χ2v) is 6.93. The molecule has 1 aliphatic rings. The summed E-state index contributed by atoms with van der Waals surface area (Å²) in [5, 5.41) is 3.53. The molecule has 1 saturated carbocycles. The van der Waals surface area contributed by atoms with Crippen molar-refractivity contribution < 1.29 is 4.39 Å². The highest BCUT2D eigenvalue weighted by atomic mass is 79.9. The summed E-state index contributed by atoms with van der Waals surface area (Å²) in [5.74, 6) is 1.56. The lowest BCUT2D eigenvalue weighted by Crippen LogP contribution is -2.27. The van der Waals surface area contributed by atoms with E-state index in [4.69, 9.17) is 0 Å². The van der Waals surface area contributed by atoms with Crippen LogP contribution < -0.4 is 5.32 Å². The second kappa shape index (κ2) is 6.85. The monoisotopic (exact) mass is 327 g/mol. The van der Waals surface area contributed by atoms with Crippen molar-refractivity contribution >= 4 is 15.9 Å². The summed E-state index contributed by atoms with van der Waals surface area (Å²) in [5.41, 5.74) is 0.892. The highest BCUT2D eigenvalue weighted by Crippen LogP contribution is 2.40. The van der Waals surface area contributed by atoms with Gasteiger partial charge in [0.25, 0.3) is 0 Å². The minimum Gasteiger partial charge on any atom is -0.316 e. The van der Waals surface area contributed by atoms with Gasteiger partial charge in [-0.2, -0.15) is 0 Å². The summed E-state index contributed by atoms with van der Waals surface area (Å²) in [6.07, 6.45) is 3.54. The number of nitrogens with one attached hydrogen (secondary N) is 1. The lowest BCUT2D eigenvalue weighted by Gasteiger charge is -2.22. The Morgan fingerprint density at radius 1 is 1.37 bits per heavy atom. The zero-order chi connectivity index (χ0) is 13.8. The van der Waals surface area contributed by atoms with Gasteiger partial charge in [-0.3, -0.25) is 0 Å². The molecule has 106 valence electrons. The molecular formula is C16H23BrFN. The van der Waals surface area contributed by atoms with Crippen LogP contribution in [-0.4, -0.2) is 13.1 Å². The first kappa shape index (κ1) is 15.0. The fourth-order valence-corrected chi connectivity index (χ4v) is 3.43. The number of halogens is 2. The summed E-state index contributed by atoms with van der Waals surface area (Å²) in [4.78, 5) is 0. The molecule has 1 fully saturated rings. The van der Waals surface area contributed by atoms with E-state index in [1.807, 2.05) is 6.07 Å². The molecule has 0 aromatic heterocycles. The molecule has 0 heterocycles. The third-order valence-corrected chi connectivity index (χ3v) is 4.47. The van der Waals surface area contributed by atoms with E-state index in [2.05, 4.69) is 35.1 Å². The zero-order valence-electron chi connectivity index (χ0n) is 11.8. The van der Waals surface area contributed by atoms with Crippen molar-refractivity contribution in [1.82, 2.24) is 5.32 Å². The molecule has 0 bridgehead atoms. The van der Waals surface area contributed by atoms with E-state index in [-0.39, 0.29) is 5.82 Å². The normalized spacial score (nSPS) is 23.2. The van der Waals surface area contributed by atoms with Crippen LogP contribution in [-0.2, 0) is 0 Å². The van der Waals surface area contributed by atoms with Gasteiger partial charge in [0, 0.05) is 4.47 Å². The van der Waals surface area contributed by atoms with E-state index in [9.17, 15) is 4.39 Å². The van der Waals surface area contributed by atoms with Crippen LogP contribution in [0.3, 0.4) is 0 Å². The van der Waals surface area contributed by atoms with E-state index >= 15 is 0 Å². The fraction of sp³-hybridized carbons (Fsp3) is 0.625. The van der Waals surface area contributed by atoms with Gasteiger partial charge in [-0.25, -0.2) is 4.39 Å². The standard InChI is InChI=1S/C16H23BrFN/c1-11(2)9-19-10-12-4-3-5-14(12)15-8-13(17)6-7-16(15)18/h6-8,11-12,14,19H,3-5,9-10H2,1-2H3. The summed E-state index contributed by atoms with van der Waals surface area (Å²) < 4.78 is 15.0. The average molecular weight is 328 g/mol. The Balaban J connectivity index is 2.03. The quantitative estimate of drug-likeness (QED) is 0.825. The lowest BCUT2D eigenvalue weighted by atomic mass is 9.88. The van der Waals surface area contributed by atoms with Crippen LogP contribution in [0.15, 0.2) is 22.7 Å². The molecule has 1 aromatic rings. The van der Waals surface area contributed by atoms with Crippen molar-refractivity contribution in [2.75, 3.05) is 13.1 Å². The van der Waals surface area contributed by atoms with Gasteiger partial charge in [0.2, 0.25) is 0 Å². The van der Waals surface area contributed by atoms with Gasteiger partial charge in [-0.1, -0.05) is 36.2 Å². The van der Waals surface area contributed by atoms with E-state index in [1.165, 1.54) is 12.8 Å². The van der Waals surface area contributed by atoms with Crippen LogP contribution >= 0.6 is 15.9 Å². The summed E-state index contributed by atoms with van der Waals surface area (Å²) in [6.45, 7) is 6.49.